The molecule has 1 N–H and O–H groups in total. The van der Waals surface area contributed by atoms with Gasteiger partial charge in [0.15, 0.2) is 0 Å². The first kappa shape index (κ1) is 16.0. The minimum Gasteiger partial charge on any atom is -0.313 e. The van der Waals surface area contributed by atoms with Gasteiger partial charge in [-0.05, 0) is 44.4 Å². The van der Waals surface area contributed by atoms with Crippen LogP contribution in [0.3, 0.4) is 0 Å². The molecule has 0 aromatic heterocycles. The van der Waals surface area contributed by atoms with Gasteiger partial charge in [0.1, 0.15) is 0 Å². The van der Waals surface area contributed by atoms with Gasteiger partial charge in [-0.2, -0.15) is 0 Å². The fourth-order valence-corrected chi connectivity index (χ4v) is 4.30. The zero-order valence-corrected chi connectivity index (χ0v) is 13.7. The summed E-state index contributed by atoms with van der Waals surface area (Å²) in [4.78, 5) is 0. The largest absolute Gasteiger partial charge is 0.313 e. The Kier molecular flexibility index (Phi) is 5.26. The summed E-state index contributed by atoms with van der Waals surface area (Å²) in [5.41, 5.74) is 1.52. The van der Waals surface area contributed by atoms with Crippen LogP contribution in [0.2, 0.25) is 0 Å². The van der Waals surface area contributed by atoms with Crippen molar-refractivity contribution in [1.29, 1.82) is 0 Å². The zero-order chi connectivity index (χ0) is 14.8. The maximum Gasteiger partial charge on any atom is 0.211 e. The summed E-state index contributed by atoms with van der Waals surface area (Å²) < 4.78 is 24.6. The number of nitrogens with zero attached hydrogens (tertiary/aromatic N) is 1. The maximum atomic E-state index is 11.5. The Bertz CT molecular complexity index is 450. The molecular weight excluding hydrogens is 272 g/mol. The standard InChI is InChI=1S/C15H28N2O2S/c1-12-5-4-6-13(2)15(12)11-16-14-7-9-17(10-8-14)20(3,18)19/h5,13-16H,4,6-11H2,1-3H3/t13-,15-/m0/s1. The highest BCUT2D eigenvalue weighted by atomic mass is 32.2. The molecule has 4 nitrogen and oxygen atoms in total. The van der Waals surface area contributed by atoms with E-state index in [1.165, 1.54) is 24.7 Å². The Hall–Kier alpha value is -0.390. The summed E-state index contributed by atoms with van der Waals surface area (Å²) >= 11 is 0. The fourth-order valence-electron chi connectivity index (χ4n) is 3.42. The highest BCUT2D eigenvalue weighted by Crippen LogP contribution is 2.29. The minimum absolute atomic E-state index is 0.468. The number of nitrogens with one attached hydrogen (secondary N) is 1. The molecule has 5 heteroatoms. The smallest absolute Gasteiger partial charge is 0.211 e. The summed E-state index contributed by atoms with van der Waals surface area (Å²) in [6.07, 6.45) is 8.04. The Morgan fingerprint density at radius 3 is 2.50 bits per heavy atom. The Labute approximate surface area is 123 Å². The average Bonchev–Trinajstić information content (AvgIpc) is 2.37. The van der Waals surface area contributed by atoms with Crippen molar-refractivity contribution in [2.24, 2.45) is 11.8 Å². The quantitative estimate of drug-likeness (QED) is 0.808. The summed E-state index contributed by atoms with van der Waals surface area (Å²) in [6, 6.07) is 0.468. The summed E-state index contributed by atoms with van der Waals surface area (Å²) in [7, 11) is -3.01. The Morgan fingerprint density at radius 1 is 1.30 bits per heavy atom. The van der Waals surface area contributed by atoms with Crippen LogP contribution < -0.4 is 5.32 Å². The normalized spacial score (nSPS) is 30.2. The lowest BCUT2D eigenvalue weighted by Crippen LogP contribution is -2.46. The lowest BCUT2D eigenvalue weighted by molar-refractivity contribution is 0.268. The predicted octanol–water partition coefficient (Wildman–Crippen LogP) is 1.99. The van der Waals surface area contributed by atoms with E-state index in [4.69, 9.17) is 0 Å². The second-order valence-electron chi connectivity index (χ2n) is 6.45. The van der Waals surface area contributed by atoms with Gasteiger partial charge in [-0.1, -0.05) is 18.6 Å². The van der Waals surface area contributed by atoms with Crippen LogP contribution in [0, 0.1) is 11.8 Å². The van der Waals surface area contributed by atoms with Gasteiger partial charge in [-0.15, -0.1) is 0 Å². The molecule has 20 heavy (non-hydrogen) atoms. The molecule has 0 bridgehead atoms. The van der Waals surface area contributed by atoms with Gasteiger partial charge in [-0.3, -0.25) is 0 Å². The average molecular weight is 300 g/mol. The molecule has 1 saturated heterocycles. The van der Waals surface area contributed by atoms with Crippen molar-refractivity contribution in [3.8, 4) is 0 Å². The van der Waals surface area contributed by atoms with Gasteiger partial charge < -0.3 is 5.32 Å². The van der Waals surface area contributed by atoms with Crippen LogP contribution in [0.5, 0.6) is 0 Å². The molecule has 1 aliphatic carbocycles. The number of hydrogen-bond donors (Lipinski definition) is 1. The van der Waals surface area contributed by atoms with Crippen LogP contribution in [-0.4, -0.2) is 44.7 Å². The zero-order valence-electron chi connectivity index (χ0n) is 12.9. The molecule has 1 aliphatic heterocycles. The van der Waals surface area contributed by atoms with Crippen molar-refractivity contribution in [3.05, 3.63) is 11.6 Å². The van der Waals surface area contributed by atoms with E-state index in [1.54, 1.807) is 4.31 Å². The van der Waals surface area contributed by atoms with E-state index >= 15 is 0 Å². The summed E-state index contributed by atoms with van der Waals surface area (Å²) in [5, 5.41) is 3.66. The highest BCUT2D eigenvalue weighted by Gasteiger charge is 2.27. The SMILES string of the molecule is CC1=CCC[C@H](C)[C@H]1CNC1CCN(S(C)(=O)=O)CC1. The van der Waals surface area contributed by atoms with E-state index in [2.05, 4.69) is 25.2 Å². The fraction of sp³-hybridized carbons (Fsp3) is 0.867. The van der Waals surface area contributed by atoms with E-state index in [0.29, 0.717) is 25.0 Å². The molecule has 0 spiro atoms. The van der Waals surface area contributed by atoms with E-state index < -0.39 is 10.0 Å². The van der Waals surface area contributed by atoms with Crippen LogP contribution in [0.15, 0.2) is 11.6 Å². The third kappa shape index (κ3) is 4.06. The molecular formula is C15H28N2O2S. The van der Waals surface area contributed by atoms with Crippen LogP contribution in [-0.2, 0) is 10.0 Å². The van der Waals surface area contributed by atoms with E-state index in [1.807, 2.05) is 0 Å². The molecule has 2 aliphatic rings. The van der Waals surface area contributed by atoms with Crippen LogP contribution >= 0.6 is 0 Å². The summed E-state index contributed by atoms with van der Waals surface area (Å²) in [5.74, 6) is 1.40. The van der Waals surface area contributed by atoms with Gasteiger partial charge >= 0.3 is 0 Å². The van der Waals surface area contributed by atoms with E-state index in [0.717, 1.165) is 25.3 Å². The molecule has 2 atom stereocenters. The first-order valence-corrected chi connectivity index (χ1v) is 9.58. The molecule has 2 rings (SSSR count). The minimum atomic E-state index is -3.01. The molecule has 1 heterocycles. The van der Waals surface area contributed by atoms with Crippen molar-refractivity contribution in [2.45, 2.75) is 45.6 Å². The maximum absolute atomic E-state index is 11.5. The van der Waals surface area contributed by atoms with Crippen molar-refractivity contribution in [1.82, 2.24) is 9.62 Å². The highest BCUT2D eigenvalue weighted by molar-refractivity contribution is 7.88. The van der Waals surface area contributed by atoms with Crippen molar-refractivity contribution in [2.75, 3.05) is 25.9 Å². The molecule has 0 radical (unpaired) electrons. The van der Waals surface area contributed by atoms with Gasteiger partial charge in [0.2, 0.25) is 10.0 Å². The molecule has 1 fully saturated rings. The van der Waals surface area contributed by atoms with Crippen LogP contribution in [0.25, 0.3) is 0 Å². The molecule has 0 aromatic rings. The first-order valence-electron chi connectivity index (χ1n) is 7.73. The first-order chi connectivity index (χ1) is 9.38. The van der Waals surface area contributed by atoms with Gasteiger partial charge in [0, 0.05) is 25.7 Å². The van der Waals surface area contributed by atoms with Crippen LogP contribution in [0.1, 0.15) is 39.5 Å². The number of hydrogen-bond acceptors (Lipinski definition) is 3. The number of allylic oxidation sites excluding steroid dienone is 1. The molecule has 116 valence electrons. The van der Waals surface area contributed by atoms with Crippen molar-refractivity contribution in [3.63, 3.8) is 0 Å². The second-order valence-corrected chi connectivity index (χ2v) is 8.44. The monoisotopic (exact) mass is 300 g/mol. The van der Waals surface area contributed by atoms with E-state index in [9.17, 15) is 8.42 Å². The third-order valence-corrected chi connectivity index (χ3v) is 6.21. The number of rotatable bonds is 4. The molecule has 0 unspecified atom stereocenters. The number of piperidine rings is 1. The van der Waals surface area contributed by atoms with Gasteiger partial charge in [0.05, 0.1) is 6.26 Å². The van der Waals surface area contributed by atoms with Gasteiger partial charge in [0.25, 0.3) is 0 Å². The molecule has 0 saturated carbocycles. The second kappa shape index (κ2) is 6.58. The topological polar surface area (TPSA) is 49.4 Å². The van der Waals surface area contributed by atoms with Gasteiger partial charge in [-0.25, -0.2) is 12.7 Å². The van der Waals surface area contributed by atoms with E-state index in [-0.39, 0.29) is 0 Å². The lowest BCUT2D eigenvalue weighted by atomic mass is 9.80. The molecule has 0 aromatic carbocycles. The molecule has 0 amide bonds. The van der Waals surface area contributed by atoms with Crippen LogP contribution in [0.4, 0.5) is 0 Å². The lowest BCUT2D eigenvalue weighted by Gasteiger charge is -2.34. The third-order valence-electron chi connectivity index (χ3n) is 4.91. The Morgan fingerprint density at radius 2 is 1.95 bits per heavy atom. The Balaban J connectivity index is 1.79. The summed E-state index contributed by atoms with van der Waals surface area (Å²) in [6.45, 7) is 6.94. The predicted molar refractivity (Wildman–Crippen MR) is 83.1 cm³/mol. The number of sulfonamides is 1. The van der Waals surface area contributed by atoms with Crippen molar-refractivity contribution < 1.29 is 8.42 Å². The van der Waals surface area contributed by atoms with Crippen molar-refractivity contribution >= 4 is 10.0 Å².